The Kier molecular flexibility index (Phi) is 3.29. The van der Waals surface area contributed by atoms with Crippen molar-refractivity contribution >= 4 is 17.7 Å². The summed E-state index contributed by atoms with van der Waals surface area (Å²) in [5.74, 6) is -0.932. The first kappa shape index (κ1) is 10.3. The Bertz CT molecular complexity index is 356. The maximum Gasteiger partial charge on any atom is 0.328 e. The molecule has 0 saturated heterocycles. The van der Waals surface area contributed by atoms with Crippen LogP contribution in [0.3, 0.4) is 0 Å². The number of nitrogens with zero attached hydrogens (tertiary/aromatic N) is 1. The van der Waals surface area contributed by atoms with Crippen LogP contribution in [0.15, 0.2) is 30.3 Å². The number of para-hydroxylation sites is 1. The molecule has 3 nitrogen and oxygen atoms in total. The van der Waals surface area contributed by atoms with Crippen LogP contribution >= 0.6 is 0 Å². The molecule has 0 bridgehead atoms. The molecule has 0 aromatic heterocycles. The summed E-state index contributed by atoms with van der Waals surface area (Å²) in [4.78, 5) is 12.3. The van der Waals surface area contributed by atoms with Gasteiger partial charge in [0.05, 0.1) is 0 Å². The van der Waals surface area contributed by atoms with Crippen LogP contribution in [0.1, 0.15) is 5.56 Å². The number of carboxylic acid groups (broad SMARTS) is 1. The molecule has 74 valence electrons. The molecule has 0 saturated carbocycles. The van der Waals surface area contributed by atoms with Gasteiger partial charge in [-0.1, -0.05) is 18.2 Å². The first-order valence-corrected chi connectivity index (χ1v) is 4.28. The van der Waals surface area contributed by atoms with Crippen molar-refractivity contribution in [1.29, 1.82) is 0 Å². The topological polar surface area (TPSA) is 40.5 Å². The zero-order valence-corrected chi connectivity index (χ0v) is 8.27. The summed E-state index contributed by atoms with van der Waals surface area (Å²) < 4.78 is 0. The van der Waals surface area contributed by atoms with E-state index in [0.717, 1.165) is 17.3 Å². The second kappa shape index (κ2) is 4.46. The smallest absolute Gasteiger partial charge is 0.328 e. The number of carbonyl (C=O) groups is 1. The fraction of sp³-hybridized carbons (Fsp3) is 0.182. The van der Waals surface area contributed by atoms with E-state index < -0.39 is 5.97 Å². The summed E-state index contributed by atoms with van der Waals surface area (Å²) in [5.41, 5.74) is 1.91. The third kappa shape index (κ3) is 2.62. The van der Waals surface area contributed by atoms with E-state index in [0.29, 0.717) is 0 Å². The lowest BCUT2D eigenvalue weighted by Crippen LogP contribution is -2.09. The van der Waals surface area contributed by atoms with Gasteiger partial charge < -0.3 is 10.0 Å². The fourth-order valence-corrected chi connectivity index (χ4v) is 1.20. The van der Waals surface area contributed by atoms with Crippen molar-refractivity contribution in [2.75, 3.05) is 19.0 Å². The van der Waals surface area contributed by atoms with Gasteiger partial charge in [0.1, 0.15) is 0 Å². The van der Waals surface area contributed by atoms with Gasteiger partial charge >= 0.3 is 5.97 Å². The molecule has 0 atom stereocenters. The molecule has 0 amide bonds. The standard InChI is InChI=1S/C11H13NO2/c1-12(2)10-6-4-3-5-9(10)7-8-11(13)14/h3-8H,1-2H3,(H,13,14)/b8-7+. The summed E-state index contributed by atoms with van der Waals surface area (Å²) in [6.45, 7) is 0. The zero-order chi connectivity index (χ0) is 10.6. The molecule has 0 heterocycles. The average molecular weight is 191 g/mol. The van der Waals surface area contributed by atoms with Crippen molar-refractivity contribution in [3.8, 4) is 0 Å². The molecule has 0 spiro atoms. The molecule has 1 aromatic carbocycles. The summed E-state index contributed by atoms with van der Waals surface area (Å²) in [7, 11) is 3.85. The molecule has 1 aromatic rings. The number of anilines is 1. The molecule has 1 N–H and O–H groups in total. The molecule has 14 heavy (non-hydrogen) atoms. The molecule has 0 unspecified atom stereocenters. The highest BCUT2D eigenvalue weighted by Crippen LogP contribution is 2.18. The van der Waals surface area contributed by atoms with Gasteiger partial charge in [0.25, 0.3) is 0 Å². The van der Waals surface area contributed by atoms with E-state index in [2.05, 4.69) is 0 Å². The van der Waals surface area contributed by atoms with Crippen LogP contribution in [-0.4, -0.2) is 25.2 Å². The monoisotopic (exact) mass is 191 g/mol. The highest BCUT2D eigenvalue weighted by molar-refractivity contribution is 5.86. The third-order valence-electron chi connectivity index (χ3n) is 1.82. The predicted octanol–water partition coefficient (Wildman–Crippen LogP) is 1.85. The molecule has 0 radical (unpaired) electrons. The van der Waals surface area contributed by atoms with Gasteiger partial charge in [-0.15, -0.1) is 0 Å². The van der Waals surface area contributed by atoms with Crippen molar-refractivity contribution in [2.45, 2.75) is 0 Å². The largest absolute Gasteiger partial charge is 0.478 e. The molecule has 0 aliphatic carbocycles. The fourth-order valence-electron chi connectivity index (χ4n) is 1.20. The van der Waals surface area contributed by atoms with E-state index in [4.69, 9.17) is 5.11 Å². The van der Waals surface area contributed by atoms with Gasteiger partial charge in [-0.05, 0) is 17.7 Å². The van der Waals surface area contributed by atoms with Crippen molar-refractivity contribution in [3.05, 3.63) is 35.9 Å². The summed E-state index contributed by atoms with van der Waals surface area (Å²) in [5, 5.41) is 8.50. The van der Waals surface area contributed by atoms with E-state index >= 15 is 0 Å². The lowest BCUT2D eigenvalue weighted by Gasteiger charge is -2.14. The summed E-state index contributed by atoms with van der Waals surface area (Å²) in [6, 6.07) is 7.64. The number of aliphatic carboxylic acids is 1. The number of rotatable bonds is 3. The Hall–Kier alpha value is -1.77. The number of hydrogen-bond donors (Lipinski definition) is 1. The van der Waals surface area contributed by atoms with Crippen molar-refractivity contribution in [1.82, 2.24) is 0 Å². The Balaban J connectivity index is 3.01. The lowest BCUT2D eigenvalue weighted by atomic mass is 10.1. The first-order valence-electron chi connectivity index (χ1n) is 4.28. The van der Waals surface area contributed by atoms with Crippen LogP contribution in [0.25, 0.3) is 6.08 Å². The van der Waals surface area contributed by atoms with Crippen LogP contribution in [0.5, 0.6) is 0 Å². The van der Waals surface area contributed by atoms with E-state index in [9.17, 15) is 4.79 Å². The van der Waals surface area contributed by atoms with Gasteiger partial charge in [-0.3, -0.25) is 0 Å². The van der Waals surface area contributed by atoms with Gasteiger partial charge in [-0.2, -0.15) is 0 Å². The zero-order valence-electron chi connectivity index (χ0n) is 8.27. The highest BCUT2D eigenvalue weighted by atomic mass is 16.4. The lowest BCUT2D eigenvalue weighted by molar-refractivity contribution is -0.131. The van der Waals surface area contributed by atoms with E-state index in [1.807, 2.05) is 43.3 Å². The Labute approximate surface area is 83.3 Å². The molecule has 0 aliphatic heterocycles. The molecular weight excluding hydrogens is 178 g/mol. The maximum atomic E-state index is 10.4. The summed E-state index contributed by atoms with van der Waals surface area (Å²) >= 11 is 0. The van der Waals surface area contributed by atoms with E-state index in [1.54, 1.807) is 6.08 Å². The Morgan fingerprint density at radius 2 is 2.00 bits per heavy atom. The van der Waals surface area contributed by atoms with Gasteiger partial charge in [0.15, 0.2) is 0 Å². The van der Waals surface area contributed by atoms with E-state index in [-0.39, 0.29) is 0 Å². The van der Waals surface area contributed by atoms with Crippen LogP contribution in [0.2, 0.25) is 0 Å². The summed E-state index contributed by atoms with van der Waals surface area (Å²) in [6.07, 6.45) is 2.74. The SMILES string of the molecule is CN(C)c1ccccc1/C=C/C(=O)O. The number of hydrogen-bond acceptors (Lipinski definition) is 2. The quantitative estimate of drug-likeness (QED) is 0.741. The molecule has 1 rings (SSSR count). The van der Waals surface area contributed by atoms with Crippen molar-refractivity contribution in [3.63, 3.8) is 0 Å². The molecule has 0 aliphatic rings. The third-order valence-corrected chi connectivity index (χ3v) is 1.82. The second-order valence-electron chi connectivity index (χ2n) is 3.12. The highest BCUT2D eigenvalue weighted by Gasteiger charge is 1.99. The van der Waals surface area contributed by atoms with Crippen LogP contribution < -0.4 is 4.90 Å². The minimum Gasteiger partial charge on any atom is -0.478 e. The minimum absolute atomic E-state index is 0.903. The Morgan fingerprint density at radius 1 is 1.36 bits per heavy atom. The predicted molar refractivity (Wildman–Crippen MR) is 57.4 cm³/mol. The Morgan fingerprint density at radius 3 is 2.57 bits per heavy atom. The van der Waals surface area contributed by atoms with Crippen LogP contribution in [0.4, 0.5) is 5.69 Å². The molecular formula is C11H13NO2. The minimum atomic E-state index is -0.932. The van der Waals surface area contributed by atoms with Crippen molar-refractivity contribution < 1.29 is 9.90 Å². The van der Waals surface area contributed by atoms with Crippen LogP contribution in [-0.2, 0) is 4.79 Å². The van der Waals surface area contributed by atoms with Gasteiger partial charge in [-0.25, -0.2) is 4.79 Å². The first-order chi connectivity index (χ1) is 6.61. The second-order valence-corrected chi connectivity index (χ2v) is 3.12. The van der Waals surface area contributed by atoms with Gasteiger partial charge in [0, 0.05) is 25.9 Å². The molecule has 3 heteroatoms. The van der Waals surface area contributed by atoms with E-state index in [1.165, 1.54) is 0 Å². The van der Waals surface area contributed by atoms with Crippen molar-refractivity contribution in [2.24, 2.45) is 0 Å². The number of benzene rings is 1. The molecule has 0 fully saturated rings. The number of carboxylic acids is 1. The van der Waals surface area contributed by atoms with Crippen LogP contribution in [0, 0.1) is 0 Å². The van der Waals surface area contributed by atoms with Gasteiger partial charge in [0.2, 0.25) is 0 Å². The normalized spacial score (nSPS) is 10.4. The average Bonchev–Trinajstić information content (AvgIpc) is 2.15. The maximum absolute atomic E-state index is 10.4.